The molecule has 0 amide bonds. The first-order valence-electron chi connectivity index (χ1n) is 8.14. The Kier molecular flexibility index (Phi) is 6.94. The Morgan fingerprint density at radius 2 is 2.05 bits per heavy atom. The monoisotopic (exact) mass is 279 g/mol. The summed E-state index contributed by atoms with van der Waals surface area (Å²) in [6.45, 7) is 3.35. The van der Waals surface area contributed by atoms with Crippen molar-refractivity contribution < 1.29 is 0 Å². The van der Waals surface area contributed by atoms with E-state index in [1.807, 2.05) is 11.3 Å². The summed E-state index contributed by atoms with van der Waals surface area (Å²) in [7, 11) is 0. The highest BCUT2D eigenvalue weighted by Crippen LogP contribution is 2.27. The van der Waals surface area contributed by atoms with E-state index < -0.39 is 0 Å². The SMILES string of the molecule is CCNC(CCc1cccs1)CC1CCCCCC1. The molecule has 2 rings (SSSR count). The van der Waals surface area contributed by atoms with Gasteiger partial charge in [0.15, 0.2) is 0 Å². The van der Waals surface area contributed by atoms with Crippen LogP contribution in [0.25, 0.3) is 0 Å². The number of hydrogen-bond donors (Lipinski definition) is 1. The van der Waals surface area contributed by atoms with Gasteiger partial charge < -0.3 is 5.32 Å². The van der Waals surface area contributed by atoms with Crippen LogP contribution >= 0.6 is 11.3 Å². The summed E-state index contributed by atoms with van der Waals surface area (Å²) in [6, 6.07) is 5.18. The van der Waals surface area contributed by atoms with Crippen LogP contribution < -0.4 is 5.32 Å². The van der Waals surface area contributed by atoms with Crippen molar-refractivity contribution in [2.45, 2.75) is 70.8 Å². The lowest BCUT2D eigenvalue weighted by Gasteiger charge is -2.23. The molecule has 0 aromatic carbocycles. The number of rotatable bonds is 7. The minimum Gasteiger partial charge on any atom is -0.314 e. The van der Waals surface area contributed by atoms with Crippen molar-refractivity contribution in [3.05, 3.63) is 22.4 Å². The molecule has 1 nitrogen and oxygen atoms in total. The molecule has 0 spiro atoms. The van der Waals surface area contributed by atoms with E-state index in [2.05, 4.69) is 29.8 Å². The molecule has 0 bridgehead atoms. The van der Waals surface area contributed by atoms with Crippen LogP contribution in [0.3, 0.4) is 0 Å². The first-order valence-corrected chi connectivity index (χ1v) is 9.02. The molecule has 0 radical (unpaired) electrons. The van der Waals surface area contributed by atoms with Gasteiger partial charge in [-0.05, 0) is 43.2 Å². The Morgan fingerprint density at radius 3 is 2.68 bits per heavy atom. The summed E-state index contributed by atoms with van der Waals surface area (Å²) in [5, 5.41) is 5.91. The summed E-state index contributed by atoms with van der Waals surface area (Å²) >= 11 is 1.90. The van der Waals surface area contributed by atoms with Gasteiger partial charge in [0.2, 0.25) is 0 Å². The topological polar surface area (TPSA) is 12.0 Å². The van der Waals surface area contributed by atoms with Gasteiger partial charge >= 0.3 is 0 Å². The van der Waals surface area contributed by atoms with E-state index in [-0.39, 0.29) is 0 Å². The normalized spacial score (nSPS) is 19.2. The molecule has 1 saturated carbocycles. The Hall–Kier alpha value is -0.340. The minimum atomic E-state index is 0.732. The van der Waals surface area contributed by atoms with Crippen LogP contribution in [-0.4, -0.2) is 12.6 Å². The third-order valence-electron chi connectivity index (χ3n) is 4.40. The quantitative estimate of drug-likeness (QED) is 0.691. The summed E-state index contributed by atoms with van der Waals surface area (Å²) in [4.78, 5) is 1.55. The van der Waals surface area contributed by atoms with Crippen molar-refractivity contribution in [1.29, 1.82) is 0 Å². The molecule has 1 atom stereocenters. The van der Waals surface area contributed by atoms with Gasteiger partial charge in [0.1, 0.15) is 0 Å². The Bertz CT molecular complexity index is 312. The molecule has 0 aliphatic heterocycles. The fourth-order valence-electron chi connectivity index (χ4n) is 3.37. The third kappa shape index (κ3) is 5.66. The second kappa shape index (κ2) is 8.76. The summed E-state index contributed by atoms with van der Waals surface area (Å²) in [5.41, 5.74) is 0. The maximum atomic E-state index is 3.72. The van der Waals surface area contributed by atoms with E-state index >= 15 is 0 Å². The van der Waals surface area contributed by atoms with Gasteiger partial charge in [-0.1, -0.05) is 51.5 Å². The molecule has 0 saturated heterocycles. The van der Waals surface area contributed by atoms with Crippen molar-refractivity contribution in [2.24, 2.45) is 5.92 Å². The third-order valence-corrected chi connectivity index (χ3v) is 5.34. The predicted octanol–water partition coefficient (Wildman–Crippen LogP) is 5.02. The van der Waals surface area contributed by atoms with Crippen LogP contribution in [0, 0.1) is 5.92 Å². The first-order chi connectivity index (χ1) is 9.38. The molecule has 108 valence electrons. The standard InChI is InChI=1S/C17H29NS/c1-2-18-16(11-12-17-10-7-13-19-17)14-15-8-5-3-4-6-9-15/h7,10,13,15-16,18H,2-6,8-9,11-12,14H2,1H3. The Labute approximate surface area is 122 Å². The number of nitrogens with one attached hydrogen (secondary N) is 1. The van der Waals surface area contributed by atoms with Gasteiger partial charge in [0.25, 0.3) is 0 Å². The Balaban J connectivity index is 1.77. The van der Waals surface area contributed by atoms with Gasteiger partial charge in [-0.2, -0.15) is 0 Å². The largest absolute Gasteiger partial charge is 0.314 e. The summed E-state index contributed by atoms with van der Waals surface area (Å²) in [5.74, 6) is 0.981. The van der Waals surface area contributed by atoms with E-state index in [1.54, 1.807) is 4.88 Å². The molecule has 1 N–H and O–H groups in total. The lowest BCUT2D eigenvalue weighted by Crippen LogP contribution is -2.31. The van der Waals surface area contributed by atoms with Gasteiger partial charge in [-0.15, -0.1) is 11.3 Å². The highest BCUT2D eigenvalue weighted by molar-refractivity contribution is 7.09. The van der Waals surface area contributed by atoms with Crippen molar-refractivity contribution in [3.8, 4) is 0 Å². The molecule has 1 aromatic rings. The molecule has 1 unspecified atom stereocenters. The molecule has 1 aromatic heterocycles. The second-order valence-electron chi connectivity index (χ2n) is 5.97. The molecule has 1 aliphatic carbocycles. The molecular formula is C17H29NS. The highest BCUT2D eigenvalue weighted by atomic mass is 32.1. The highest BCUT2D eigenvalue weighted by Gasteiger charge is 2.17. The molecule has 19 heavy (non-hydrogen) atoms. The smallest absolute Gasteiger partial charge is 0.00730 e. The summed E-state index contributed by atoms with van der Waals surface area (Å²) < 4.78 is 0. The number of aryl methyl sites for hydroxylation is 1. The lowest BCUT2D eigenvalue weighted by atomic mass is 9.90. The fraction of sp³-hybridized carbons (Fsp3) is 0.765. The van der Waals surface area contributed by atoms with Gasteiger partial charge in [-0.3, -0.25) is 0 Å². The van der Waals surface area contributed by atoms with Crippen LogP contribution in [0.5, 0.6) is 0 Å². The zero-order chi connectivity index (χ0) is 13.3. The van der Waals surface area contributed by atoms with Gasteiger partial charge in [0, 0.05) is 10.9 Å². The molecule has 1 aliphatic rings. The average Bonchev–Trinajstić information content (AvgIpc) is 2.80. The maximum Gasteiger partial charge on any atom is 0.00730 e. The van der Waals surface area contributed by atoms with Crippen LogP contribution in [0.2, 0.25) is 0 Å². The molecule has 1 fully saturated rings. The molecule has 2 heteroatoms. The van der Waals surface area contributed by atoms with Gasteiger partial charge in [0.05, 0.1) is 0 Å². The van der Waals surface area contributed by atoms with Crippen LogP contribution in [0.15, 0.2) is 17.5 Å². The first kappa shape index (κ1) is 15.1. The maximum absolute atomic E-state index is 3.72. The van der Waals surface area contributed by atoms with E-state index in [9.17, 15) is 0 Å². The lowest BCUT2D eigenvalue weighted by molar-refractivity contribution is 0.343. The summed E-state index contributed by atoms with van der Waals surface area (Å²) in [6.07, 6.45) is 12.8. The van der Waals surface area contributed by atoms with E-state index in [1.165, 1.54) is 57.8 Å². The van der Waals surface area contributed by atoms with Crippen molar-refractivity contribution >= 4 is 11.3 Å². The number of thiophene rings is 1. The average molecular weight is 279 g/mol. The molecular weight excluding hydrogens is 250 g/mol. The van der Waals surface area contributed by atoms with Crippen molar-refractivity contribution in [3.63, 3.8) is 0 Å². The van der Waals surface area contributed by atoms with Crippen molar-refractivity contribution in [1.82, 2.24) is 5.32 Å². The second-order valence-corrected chi connectivity index (χ2v) is 7.00. The Morgan fingerprint density at radius 1 is 1.26 bits per heavy atom. The van der Waals surface area contributed by atoms with E-state index in [0.29, 0.717) is 0 Å². The minimum absolute atomic E-state index is 0.732. The van der Waals surface area contributed by atoms with E-state index in [4.69, 9.17) is 0 Å². The van der Waals surface area contributed by atoms with Crippen LogP contribution in [-0.2, 0) is 6.42 Å². The van der Waals surface area contributed by atoms with E-state index in [0.717, 1.165) is 18.5 Å². The fourth-order valence-corrected chi connectivity index (χ4v) is 4.09. The van der Waals surface area contributed by atoms with Crippen LogP contribution in [0.4, 0.5) is 0 Å². The van der Waals surface area contributed by atoms with Crippen LogP contribution in [0.1, 0.15) is 63.2 Å². The zero-order valence-corrected chi connectivity index (χ0v) is 13.2. The zero-order valence-electron chi connectivity index (χ0n) is 12.4. The van der Waals surface area contributed by atoms with Gasteiger partial charge in [-0.25, -0.2) is 0 Å². The predicted molar refractivity (Wildman–Crippen MR) is 85.9 cm³/mol. The number of hydrogen-bond acceptors (Lipinski definition) is 2. The van der Waals surface area contributed by atoms with Crippen molar-refractivity contribution in [2.75, 3.05) is 6.54 Å². The molecule has 1 heterocycles.